The van der Waals surface area contributed by atoms with Gasteiger partial charge in [-0.1, -0.05) is 53.5 Å². The Morgan fingerprint density at radius 1 is 0.929 bits per heavy atom. The molecule has 0 spiro atoms. The van der Waals surface area contributed by atoms with Gasteiger partial charge in [0.1, 0.15) is 5.54 Å². The topological polar surface area (TPSA) is 61.4 Å². The van der Waals surface area contributed by atoms with Crippen molar-refractivity contribution in [1.82, 2.24) is 0 Å². The van der Waals surface area contributed by atoms with E-state index < -0.39 is 5.54 Å². The Morgan fingerprint density at radius 3 is 2.46 bits per heavy atom. The number of nitrogens with one attached hydrogen (secondary N) is 2. The minimum Gasteiger partial charge on any atom is -0.392 e. The smallest absolute Gasteiger partial charge is 0.255 e. The Bertz CT molecular complexity index is 1050. The van der Waals surface area contributed by atoms with Crippen LogP contribution in [0.1, 0.15) is 16.7 Å². The second-order valence-corrected chi connectivity index (χ2v) is 7.71. The van der Waals surface area contributed by atoms with Gasteiger partial charge < -0.3 is 15.7 Å². The molecule has 0 saturated carbocycles. The molecule has 1 heterocycles. The lowest BCUT2D eigenvalue weighted by Gasteiger charge is -2.30. The van der Waals surface area contributed by atoms with Crippen LogP contribution in [0.4, 0.5) is 11.4 Å². The molecule has 3 N–H and O–H groups in total. The highest BCUT2D eigenvalue weighted by Gasteiger charge is 2.47. The summed E-state index contributed by atoms with van der Waals surface area (Å²) in [5, 5.41) is 17.0. The van der Waals surface area contributed by atoms with Gasteiger partial charge in [-0.15, -0.1) is 0 Å². The summed E-state index contributed by atoms with van der Waals surface area (Å²) >= 11 is 12.3. The number of rotatable bonds is 5. The van der Waals surface area contributed by atoms with E-state index in [-0.39, 0.29) is 12.5 Å². The molecule has 1 aliphatic rings. The Morgan fingerprint density at radius 2 is 1.68 bits per heavy atom. The van der Waals surface area contributed by atoms with Crippen LogP contribution >= 0.6 is 23.2 Å². The highest BCUT2D eigenvalue weighted by molar-refractivity contribution is 6.31. The average molecular weight is 413 g/mol. The molecule has 0 aliphatic carbocycles. The minimum atomic E-state index is -1.03. The lowest BCUT2D eigenvalue weighted by molar-refractivity contribution is -0.119. The van der Waals surface area contributed by atoms with Crippen molar-refractivity contribution in [3.8, 4) is 0 Å². The number of aliphatic hydroxyl groups excluding tert-OH is 1. The van der Waals surface area contributed by atoms with Gasteiger partial charge in [0.2, 0.25) is 0 Å². The van der Waals surface area contributed by atoms with E-state index in [1.165, 1.54) is 0 Å². The van der Waals surface area contributed by atoms with E-state index in [4.69, 9.17) is 23.2 Å². The number of fused-ring (bicyclic) bond motifs is 1. The van der Waals surface area contributed by atoms with E-state index in [0.29, 0.717) is 22.2 Å². The van der Waals surface area contributed by atoms with E-state index in [1.807, 2.05) is 48.5 Å². The number of hydrogen-bond acceptors (Lipinski definition) is 3. The number of carbonyl (C=O) groups excluding carboxylic acids is 1. The highest BCUT2D eigenvalue weighted by atomic mass is 35.5. The van der Waals surface area contributed by atoms with E-state index in [1.54, 1.807) is 18.2 Å². The summed E-state index contributed by atoms with van der Waals surface area (Å²) in [5.74, 6) is -0.167. The van der Waals surface area contributed by atoms with Crippen LogP contribution in [-0.2, 0) is 23.4 Å². The molecule has 3 aromatic carbocycles. The van der Waals surface area contributed by atoms with Crippen LogP contribution in [0.15, 0.2) is 66.7 Å². The molecule has 0 radical (unpaired) electrons. The van der Waals surface area contributed by atoms with Gasteiger partial charge in [-0.3, -0.25) is 4.79 Å². The molecule has 1 atom stereocenters. The standard InChI is InChI=1S/C22H18Cl2N2O2/c23-16-5-1-3-14(9-16)12-22(26-18-6-2-4-15(10-18)13-27)19-8-7-17(24)11-20(19)25-21(22)28/h1-11,26-27H,12-13H2,(H,25,28). The Kier molecular flexibility index (Phi) is 5.02. The average Bonchev–Trinajstić information content (AvgIpc) is 2.92. The van der Waals surface area contributed by atoms with Crippen LogP contribution in [0.5, 0.6) is 0 Å². The van der Waals surface area contributed by atoms with Gasteiger partial charge in [0.15, 0.2) is 0 Å². The predicted octanol–water partition coefficient (Wildman–Crippen LogP) is 4.99. The van der Waals surface area contributed by atoms with Crippen molar-refractivity contribution in [3.05, 3.63) is 93.5 Å². The normalized spacial score (nSPS) is 17.9. The fraction of sp³-hybridized carbons (Fsp3) is 0.136. The number of carbonyl (C=O) groups is 1. The van der Waals surface area contributed by atoms with E-state index >= 15 is 0 Å². The van der Waals surface area contributed by atoms with E-state index in [2.05, 4.69) is 10.6 Å². The number of halogens is 2. The highest BCUT2D eigenvalue weighted by Crippen LogP contribution is 2.42. The number of anilines is 2. The fourth-order valence-corrected chi connectivity index (χ4v) is 4.02. The molecule has 28 heavy (non-hydrogen) atoms. The molecule has 1 amide bonds. The first-order valence-electron chi connectivity index (χ1n) is 8.84. The SMILES string of the molecule is O=C1Nc2cc(Cl)ccc2C1(Cc1cccc(Cl)c1)Nc1cccc(CO)c1. The third-order valence-electron chi connectivity index (χ3n) is 4.90. The van der Waals surface area contributed by atoms with Crippen molar-refractivity contribution in [3.63, 3.8) is 0 Å². The predicted molar refractivity (Wildman–Crippen MR) is 113 cm³/mol. The molecule has 0 fully saturated rings. The number of hydrogen-bond donors (Lipinski definition) is 3. The Balaban J connectivity index is 1.83. The van der Waals surface area contributed by atoms with Gasteiger partial charge in [0.05, 0.1) is 6.61 Å². The van der Waals surface area contributed by atoms with Gasteiger partial charge in [-0.25, -0.2) is 0 Å². The number of aliphatic hydroxyl groups is 1. The molecule has 4 nitrogen and oxygen atoms in total. The second kappa shape index (κ2) is 7.47. The molecule has 3 aromatic rings. The molecule has 0 aromatic heterocycles. The summed E-state index contributed by atoms with van der Waals surface area (Å²) in [6, 6.07) is 20.3. The van der Waals surface area contributed by atoms with Crippen molar-refractivity contribution in [2.24, 2.45) is 0 Å². The zero-order valence-electron chi connectivity index (χ0n) is 14.9. The molecule has 1 aliphatic heterocycles. The van der Waals surface area contributed by atoms with Crippen molar-refractivity contribution < 1.29 is 9.90 Å². The minimum absolute atomic E-state index is 0.0742. The van der Waals surface area contributed by atoms with Gasteiger partial charge >= 0.3 is 0 Å². The first-order valence-corrected chi connectivity index (χ1v) is 9.60. The molecule has 6 heteroatoms. The summed E-state index contributed by atoms with van der Waals surface area (Å²) in [4.78, 5) is 13.2. The van der Waals surface area contributed by atoms with Gasteiger partial charge in [0.25, 0.3) is 5.91 Å². The summed E-state index contributed by atoms with van der Waals surface area (Å²) in [6.07, 6.45) is 0.400. The van der Waals surface area contributed by atoms with Crippen LogP contribution < -0.4 is 10.6 Å². The second-order valence-electron chi connectivity index (χ2n) is 6.84. The summed E-state index contributed by atoms with van der Waals surface area (Å²) < 4.78 is 0. The van der Waals surface area contributed by atoms with Crippen molar-refractivity contribution in [1.29, 1.82) is 0 Å². The first-order chi connectivity index (χ1) is 13.5. The quantitative estimate of drug-likeness (QED) is 0.553. The lowest BCUT2D eigenvalue weighted by atomic mass is 9.84. The first kappa shape index (κ1) is 18.8. The van der Waals surface area contributed by atoms with E-state index in [0.717, 1.165) is 22.4 Å². The summed E-state index contributed by atoms with van der Waals surface area (Å²) in [5.41, 5.74) is 2.90. The maximum atomic E-state index is 13.2. The Hall–Kier alpha value is -2.53. The van der Waals surface area contributed by atoms with Crippen LogP contribution in [0.25, 0.3) is 0 Å². The lowest BCUT2D eigenvalue weighted by Crippen LogP contribution is -2.44. The molecule has 142 valence electrons. The van der Waals surface area contributed by atoms with Gasteiger partial charge in [-0.05, 0) is 47.5 Å². The monoisotopic (exact) mass is 412 g/mol. The van der Waals surface area contributed by atoms with Crippen molar-refractivity contribution in [2.45, 2.75) is 18.6 Å². The maximum Gasteiger partial charge on any atom is 0.255 e. The fourth-order valence-electron chi connectivity index (χ4n) is 3.63. The molecule has 0 saturated heterocycles. The van der Waals surface area contributed by atoms with Crippen LogP contribution in [0, 0.1) is 0 Å². The zero-order valence-corrected chi connectivity index (χ0v) is 16.4. The zero-order chi connectivity index (χ0) is 19.7. The van der Waals surface area contributed by atoms with Crippen molar-refractivity contribution in [2.75, 3.05) is 10.6 Å². The maximum absolute atomic E-state index is 13.2. The molecular weight excluding hydrogens is 395 g/mol. The molecule has 1 unspecified atom stereocenters. The summed E-state index contributed by atoms with van der Waals surface area (Å²) in [7, 11) is 0. The number of benzene rings is 3. The molecule has 4 rings (SSSR count). The molecule has 0 bridgehead atoms. The largest absolute Gasteiger partial charge is 0.392 e. The van der Waals surface area contributed by atoms with Crippen molar-refractivity contribution >= 4 is 40.5 Å². The molecular formula is C22H18Cl2N2O2. The van der Waals surface area contributed by atoms with Crippen LogP contribution in [-0.4, -0.2) is 11.0 Å². The van der Waals surface area contributed by atoms with Gasteiger partial charge in [-0.2, -0.15) is 0 Å². The third-order valence-corrected chi connectivity index (χ3v) is 5.37. The summed E-state index contributed by atoms with van der Waals surface area (Å²) in [6.45, 7) is -0.0742. The Labute approximate surface area is 173 Å². The van der Waals surface area contributed by atoms with E-state index in [9.17, 15) is 9.90 Å². The number of amides is 1. The van der Waals surface area contributed by atoms with Crippen LogP contribution in [0.2, 0.25) is 10.0 Å². The third kappa shape index (κ3) is 3.47. The van der Waals surface area contributed by atoms with Gasteiger partial charge in [0, 0.05) is 33.4 Å². The van der Waals surface area contributed by atoms with Crippen LogP contribution in [0.3, 0.4) is 0 Å².